The van der Waals surface area contributed by atoms with Gasteiger partial charge in [0.05, 0.1) is 23.4 Å². The fourth-order valence-corrected chi connectivity index (χ4v) is 5.17. The molecule has 0 aliphatic carbocycles. The Hall–Kier alpha value is -2.71. The minimum absolute atomic E-state index is 0.00500. The van der Waals surface area contributed by atoms with Crippen LogP contribution in [-0.2, 0) is 11.3 Å². The molecule has 0 saturated carbocycles. The molecule has 4 rings (SSSR count). The maximum absolute atomic E-state index is 13.4. The van der Waals surface area contributed by atoms with Gasteiger partial charge >= 0.3 is 0 Å². The van der Waals surface area contributed by atoms with E-state index in [0.717, 1.165) is 21.2 Å². The summed E-state index contributed by atoms with van der Waals surface area (Å²) in [5.41, 5.74) is 1.83. The van der Waals surface area contributed by atoms with E-state index in [0.29, 0.717) is 23.3 Å². The molecular formula is C22H22N4O2S2. The number of benzene rings is 1. The quantitative estimate of drug-likeness (QED) is 0.467. The molecule has 0 unspecified atom stereocenters. The highest BCUT2D eigenvalue weighted by atomic mass is 32.2. The molecule has 3 aromatic rings. The first-order valence-corrected chi connectivity index (χ1v) is 11.5. The van der Waals surface area contributed by atoms with Crippen LogP contribution in [0.2, 0.25) is 0 Å². The fourth-order valence-electron chi connectivity index (χ4n) is 3.31. The zero-order valence-corrected chi connectivity index (χ0v) is 18.7. The van der Waals surface area contributed by atoms with Gasteiger partial charge in [0.25, 0.3) is 0 Å². The molecule has 1 amide bonds. The maximum Gasteiger partial charge on any atom is 0.242 e. The number of aromatic nitrogens is 3. The standard InChI is InChI=1S/C22H22N4O2S2/c1-4-9-16-15(3)30-19-12-7-6-10-17(19)26(16)20(27)14-29-22-24-23-21(25(22)5-2)18-11-8-13-28-18/h4,6-13H,5,14H2,1-3H3/b9-4-. The fraction of sp³-hybridized carbons (Fsp3) is 0.227. The summed E-state index contributed by atoms with van der Waals surface area (Å²) in [5, 5.41) is 9.25. The Bertz CT molecular complexity index is 1120. The molecule has 0 fully saturated rings. The molecule has 0 spiro atoms. The molecule has 0 N–H and O–H groups in total. The lowest BCUT2D eigenvalue weighted by atomic mass is 10.2. The maximum atomic E-state index is 13.4. The van der Waals surface area contributed by atoms with Crippen LogP contribution >= 0.6 is 23.5 Å². The third-order valence-electron chi connectivity index (χ3n) is 4.64. The summed E-state index contributed by atoms with van der Waals surface area (Å²) >= 11 is 3.08. The molecule has 1 aromatic carbocycles. The average Bonchev–Trinajstić information content (AvgIpc) is 3.42. The second kappa shape index (κ2) is 8.97. The number of hydrogen-bond donors (Lipinski definition) is 0. The average molecular weight is 439 g/mol. The third-order valence-corrected chi connectivity index (χ3v) is 6.68. The van der Waals surface area contributed by atoms with Crippen LogP contribution < -0.4 is 4.90 Å². The molecule has 0 radical (unpaired) electrons. The van der Waals surface area contributed by atoms with Crippen molar-refractivity contribution in [1.29, 1.82) is 0 Å². The van der Waals surface area contributed by atoms with Gasteiger partial charge < -0.3 is 4.42 Å². The molecule has 1 aliphatic rings. The molecule has 30 heavy (non-hydrogen) atoms. The van der Waals surface area contributed by atoms with Crippen molar-refractivity contribution >= 4 is 35.1 Å². The van der Waals surface area contributed by atoms with Crippen LogP contribution in [-0.4, -0.2) is 26.4 Å². The molecular weight excluding hydrogens is 416 g/mol. The number of amides is 1. The minimum Gasteiger partial charge on any atom is -0.461 e. The summed E-state index contributed by atoms with van der Waals surface area (Å²) in [6.45, 7) is 6.72. The van der Waals surface area contributed by atoms with E-state index in [2.05, 4.69) is 10.2 Å². The number of thioether (sulfide) groups is 2. The number of rotatable bonds is 6. The van der Waals surface area contributed by atoms with Gasteiger partial charge in [-0.3, -0.25) is 14.3 Å². The molecule has 154 valence electrons. The van der Waals surface area contributed by atoms with Crippen LogP contribution in [0.25, 0.3) is 11.6 Å². The molecule has 2 aromatic heterocycles. The van der Waals surface area contributed by atoms with Crippen molar-refractivity contribution in [2.45, 2.75) is 37.4 Å². The number of hydrogen-bond acceptors (Lipinski definition) is 6. The van der Waals surface area contributed by atoms with Gasteiger partial charge in [0.15, 0.2) is 16.7 Å². The first-order chi connectivity index (χ1) is 14.6. The van der Waals surface area contributed by atoms with E-state index in [1.807, 2.05) is 78.8 Å². The van der Waals surface area contributed by atoms with Gasteiger partial charge in [-0.1, -0.05) is 41.7 Å². The Morgan fingerprint density at radius 1 is 1.23 bits per heavy atom. The van der Waals surface area contributed by atoms with Gasteiger partial charge in [0.2, 0.25) is 5.91 Å². The molecule has 0 bridgehead atoms. The zero-order chi connectivity index (χ0) is 21.1. The number of nitrogens with zero attached hydrogens (tertiary/aromatic N) is 4. The third kappa shape index (κ3) is 3.85. The van der Waals surface area contributed by atoms with Crippen molar-refractivity contribution in [2.24, 2.45) is 0 Å². The highest BCUT2D eigenvalue weighted by molar-refractivity contribution is 8.03. The van der Waals surface area contributed by atoms with Gasteiger partial charge in [-0.15, -0.1) is 10.2 Å². The molecule has 6 nitrogen and oxygen atoms in total. The van der Waals surface area contributed by atoms with Gasteiger partial charge in [0.1, 0.15) is 0 Å². The van der Waals surface area contributed by atoms with Crippen LogP contribution in [0.15, 0.2) is 79.9 Å². The van der Waals surface area contributed by atoms with Gasteiger partial charge in [0, 0.05) is 16.3 Å². The first kappa shape index (κ1) is 20.6. The number of carbonyl (C=O) groups is 1. The molecule has 8 heteroatoms. The Morgan fingerprint density at radius 2 is 2.07 bits per heavy atom. The number of allylic oxidation sites excluding steroid dienone is 3. The summed E-state index contributed by atoms with van der Waals surface area (Å²) in [7, 11) is 0. The predicted octanol–water partition coefficient (Wildman–Crippen LogP) is 5.60. The van der Waals surface area contributed by atoms with Gasteiger partial charge in [-0.25, -0.2) is 0 Å². The van der Waals surface area contributed by atoms with E-state index < -0.39 is 0 Å². The van der Waals surface area contributed by atoms with E-state index in [1.54, 1.807) is 18.0 Å². The highest BCUT2D eigenvalue weighted by Gasteiger charge is 2.28. The van der Waals surface area contributed by atoms with Crippen molar-refractivity contribution in [3.8, 4) is 11.6 Å². The summed E-state index contributed by atoms with van der Waals surface area (Å²) in [6.07, 6.45) is 5.57. The van der Waals surface area contributed by atoms with E-state index >= 15 is 0 Å². The van der Waals surface area contributed by atoms with Crippen molar-refractivity contribution in [3.05, 3.63) is 65.4 Å². The van der Waals surface area contributed by atoms with E-state index in [9.17, 15) is 4.79 Å². The van der Waals surface area contributed by atoms with Crippen LogP contribution in [0.4, 0.5) is 5.69 Å². The molecule has 3 heterocycles. The van der Waals surface area contributed by atoms with E-state index in [4.69, 9.17) is 4.42 Å². The summed E-state index contributed by atoms with van der Waals surface area (Å²) in [6, 6.07) is 11.7. The van der Waals surface area contributed by atoms with Crippen LogP contribution in [0.3, 0.4) is 0 Å². The van der Waals surface area contributed by atoms with Gasteiger partial charge in [-0.2, -0.15) is 0 Å². The normalized spacial score (nSPS) is 13.9. The minimum atomic E-state index is 0.00500. The number of furan rings is 1. The zero-order valence-electron chi connectivity index (χ0n) is 17.0. The van der Waals surface area contributed by atoms with Crippen LogP contribution in [0, 0.1) is 0 Å². The van der Waals surface area contributed by atoms with Crippen LogP contribution in [0.1, 0.15) is 20.8 Å². The van der Waals surface area contributed by atoms with E-state index in [1.165, 1.54) is 11.8 Å². The SMILES string of the molecule is C/C=C\C1=C(C)Sc2ccccc2N1C(=O)CSc1nnc(-c2ccco2)n1CC. The van der Waals surface area contributed by atoms with E-state index in [-0.39, 0.29) is 11.7 Å². The predicted molar refractivity (Wildman–Crippen MR) is 121 cm³/mol. The highest BCUT2D eigenvalue weighted by Crippen LogP contribution is 2.43. The lowest BCUT2D eigenvalue weighted by Gasteiger charge is -2.31. The van der Waals surface area contributed by atoms with Gasteiger partial charge in [-0.05, 0) is 51.1 Å². The Morgan fingerprint density at radius 3 is 2.80 bits per heavy atom. The molecule has 0 saturated heterocycles. The van der Waals surface area contributed by atoms with Crippen LogP contribution in [0.5, 0.6) is 0 Å². The Kier molecular flexibility index (Phi) is 6.15. The monoisotopic (exact) mass is 438 g/mol. The van der Waals surface area contributed by atoms with Crippen molar-refractivity contribution in [1.82, 2.24) is 14.8 Å². The number of fused-ring (bicyclic) bond motifs is 1. The second-order valence-electron chi connectivity index (χ2n) is 6.56. The first-order valence-electron chi connectivity index (χ1n) is 9.67. The number of carbonyl (C=O) groups excluding carboxylic acids is 1. The molecule has 1 aliphatic heterocycles. The lowest BCUT2D eigenvalue weighted by Crippen LogP contribution is -2.33. The van der Waals surface area contributed by atoms with Crippen molar-refractivity contribution in [2.75, 3.05) is 10.7 Å². The summed E-state index contributed by atoms with van der Waals surface area (Å²) < 4.78 is 7.43. The summed E-state index contributed by atoms with van der Waals surface area (Å²) in [4.78, 5) is 17.3. The topological polar surface area (TPSA) is 64.2 Å². The number of para-hydroxylation sites is 1. The largest absolute Gasteiger partial charge is 0.461 e. The Balaban J connectivity index is 1.60. The second-order valence-corrected chi connectivity index (χ2v) is 8.76. The lowest BCUT2D eigenvalue weighted by molar-refractivity contribution is -0.115. The summed E-state index contributed by atoms with van der Waals surface area (Å²) in [5.74, 6) is 1.59. The smallest absolute Gasteiger partial charge is 0.242 e. The molecule has 0 atom stereocenters. The Labute approximate surface area is 184 Å². The number of anilines is 1. The van der Waals surface area contributed by atoms with Crippen molar-refractivity contribution in [3.63, 3.8) is 0 Å². The van der Waals surface area contributed by atoms with Crippen molar-refractivity contribution < 1.29 is 9.21 Å².